The van der Waals surface area contributed by atoms with Crippen LogP contribution in [0.3, 0.4) is 0 Å². The van der Waals surface area contributed by atoms with Crippen molar-refractivity contribution < 1.29 is 18.7 Å². The van der Waals surface area contributed by atoms with Gasteiger partial charge in [-0.2, -0.15) is 0 Å². The van der Waals surface area contributed by atoms with Crippen molar-refractivity contribution in [2.24, 2.45) is 11.8 Å². The lowest BCUT2D eigenvalue weighted by atomic mass is 10.0. The van der Waals surface area contributed by atoms with E-state index in [2.05, 4.69) is 0 Å². The number of aliphatic hydroxyl groups excluding tert-OH is 1. The standard InChI is InChI=1S/C7H12ClFO.C7H13FOS/c1-3-6(8)5(2)7(9)4-10;1-3-5-4(2)6(8)7(9)10-5/h4-7H,3H2,1-2H3;4-7,9H,3H2,1-2H3/t5?,6-,7+;4-,5-,6+,7?/m01/s1. The van der Waals surface area contributed by atoms with E-state index in [1.165, 1.54) is 11.8 Å². The van der Waals surface area contributed by atoms with Crippen molar-refractivity contribution >= 4 is 29.6 Å². The van der Waals surface area contributed by atoms with Gasteiger partial charge in [-0.1, -0.05) is 27.7 Å². The fourth-order valence-electron chi connectivity index (χ4n) is 2.01. The van der Waals surface area contributed by atoms with E-state index in [-0.39, 0.29) is 17.2 Å². The Kier molecular flexibility index (Phi) is 10.0. The Morgan fingerprint density at radius 3 is 2.25 bits per heavy atom. The largest absolute Gasteiger partial charge is 0.379 e. The fraction of sp³-hybridized carbons (Fsp3) is 0.929. The highest BCUT2D eigenvalue weighted by Crippen LogP contribution is 2.40. The van der Waals surface area contributed by atoms with Crippen LogP contribution in [0.15, 0.2) is 0 Å². The second kappa shape index (κ2) is 9.96. The monoisotopic (exact) mass is 330 g/mol. The second-order valence-electron chi connectivity index (χ2n) is 5.14. The highest BCUT2D eigenvalue weighted by atomic mass is 35.5. The Labute approximate surface area is 129 Å². The van der Waals surface area contributed by atoms with Crippen LogP contribution in [-0.4, -0.2) is 39.8 Å². The number of rotatable bonds is 5. The average Bonchev–Trinajstić information content (AvgIpc) is 2.72. The number of aldehydes is 1. The van der Waals surface area contributed by atoms with Crippen molar-refractivity contribution in [3.63, 3.8) is 0 Å². The summed E-state index contributed by atoms with van der Waals surface area (Å²) in [6, 6.07) is 0. The molecule has 1 heterocycles. The molecule has 1 fully saturated rings. The number of alkyl halides is 3. The van der Waals surface area contributed by atoms with Crippen LogP contribution in [0.4, 0.5) is 8.78 Å². The Bertz CT molecular complexity index is 284. The number of carbonyl (C=O) groups is 1. The van der Waals surface area contributed by atoms with E-state index in [1.807, 2.05) is 20.8 Å². The summed E-state index contributed by atoms with van der Waals surface area (Å²) in [4.78, 5) is 9.93. The molecule has 2 unspecified atom stereocenters. The third kappa shape index (κ3) is 5.86. The van der Waals surface area contributed by atoms with Gasteiger partial charge in [-0.05, 0) is 12.8 Å². The van der Waals surface area contributed by atoms with Gasteiger partial charge in [-0.3, -0.25) is 0 Å². The van der Waals surface area contributed by atoms with Crippen molar-refractivity contribution in [3.8, 4) is 0 Å². The van der Waals surface area contributed by atoms with E-state index >= 15 is 0 Å². The number of aliphatic hydroxyl groups is 1. The quantitative estimate of drug-likeness (QED) is 0.612. The van der Waals surface area contributed by atoms with Gasteiger partial charge in [0.2, 0.25) is 0 Å². The van der Waals surface area contributed by atoms with Gasteiger partial charge in [0, 0.05) is 22.5 Å². The zero-order valence-corrected chi connectivity index (χ0v) is 14.0. The zero-order valence-electron chi connectivity index (χ0n) is 12.4. The maximum Gasteiger partial charge on any atom is 0.159 e. The minimum Gasteiger partial charge on any atom is -0.379 e. The van der Waals surface area contributed by atoms with Crippen LogP contribution in [0, 0.1) is 11.8 Å². The molecule has 1 saturated heterocycles. The molecule has 0 aromatic heterocycles. The second-order valence-corrected chi connectivity index (χ2v) is 7.06. The lowest BCUT2D eigenvalue weighted by Crippen LogP contribution is -2.23. The topological polar surface area (TPSA) is 37.3 Å². The maximum atomic E-state index is 12.9. The SMILES string of the molecule is CC[C@H](Cl)C(C)[C@H](F)C=O.CC[C@H]1SC(O)[C@@H](F)[C@@H]1C. The molecule has 0 aliphatic carbocycles. The van der Waals surface area contributed by atoms with E-state index in [9.17, 15) is 13.6 Å². The number of thioether (sulfide) groups is 1. The van der Waals surface area contributed by atoms with Gasteiger partial charge in [0.25, 0.3) is 0 Å². The molecule has 0 radical (unpaired) electrons. The third-order valence-electron chi connectivity index (χ3n) is 3.67. The molecule has 0 aromatic rings. The van der Waals surface area contributed by atoms with Gasteiger partial charge in [-0.15, -0.1) is 23.4 Å². The van der Waals surface area contributed by atoms with Crippen molar-refractivity contribution in [1.29, 1.82) is 0 Å². The van der Waals surface area contributed by atoms with Crippen molar-refractivity contribution in [2.45, 2.75) is 68.9 Å². The first-order valence-corrected chi connectivity index (χ1v) is 8.38. The summed E-state index contributed by atoms with van der Waals surface area (Å²) in [7, 11) is 0. The van der Waals surface area contributed by atoms with E-state index < -0.39 is 17.8 Å². The summed E-state index contributed by atoms with van der Waals surface area (Å²) in [5, 5.41) is 9.13. The van der Waals surface area contributed by atoms with Crippen LogP contribution in [0.1, 0.15) is 40.5 Å². The number of carbonyl (C=O) groups excluding carboxylic acids is 1. The molecule has 120 valence electrons. The van der Waals surface area contributed by atoms with Gasteiger partial charge in [0.15, 0.2) is 12.5 Å². The molecule has 20 heavy (non-hydrogen) atoms. The van der Waals surface area contributed by atoms with Crippen molar-refractivity contribution in [2.75, 3.05) is 0 Å². The summed E-state index contributed by atoms with van der Waals surface area (Å²) < 4.78 is 25.4. The van der Waals surface area contributed by atoms with Crippen LogP contribution >= 0.6 is 23.4 Å². The minimum absolute atomic E-state index is 0.0185. The van der Waals surface area contributed by atoms with Gasteiger partial charge in [-0.25, -0.2) is 8.78 Å². The molecule has 1 aliphatic rings. The molecule has 7 atom stereocenters. The first-order valence-electron chi connectivity index (χ1n) is 7.01. The predicted octanol–water partition coefficient (Wildman–Crippen LogP) is 3.98. The molecule has 0 bridgehead atoms. The van der Waals surface area contributed by atoms with Gasteiger partial charge in [0.05, 0.1) is 0 Å². The van der Waals surface area contributed by atoms with Gasteiger partial charge >= 0.3 is 0 Å². The molecule has 1 aliphatic heterocycles. The highest BCUT2D eigenvalue weighted by Gasteiger charge is 2.39. The van der Waals surface area contributed by atoms with Gasteiger partial charge < -0.3 is 9.90 Å². The minimum atomic E-state index is -1.41. The van der Waals surface area contributed by atoms with Crippen LogP contribution in [0.5, 0.6) is 0 Å². The van der Waals surface area contributed by atoms with Crippen LogP contribution in [-0.2, 0) is 4.79 Å². The first-order chi connectivity index (χ1) is 9.29. The smallest absolute Gasteiger partial charge is 0.159 e. The van der Waals surface area contributed by atoms with Crippen LogP contribution in [0.2, 0.25) is 0 Å². The Hall–Kier alpha value is 0.130. The van der Waals surface area contributed by atoms with E-state index in [4.69, 9.17) is 16.7 Å². The molecular formula is C14H25ClF2O2S. The number of halogens is 3. The zero-order chi connectivity index (χ0) is 15.9. The molecule has 0 spiro atoms. The summed E-state index contributed by atoms with van der Waals surface area (Å²) in [5.74, 6) is -0.353. The highest BCUT2D eigenvalue weighted by molar-refractivity contribution is 8.00. The molecule has 1 rings (SSSR count). The molecule has 1 N–H and O–H groups in total. The van der Waals surface area contributed by atoms with E-state index in [0.29, 0.717) is 18.0 Å². The van der Waals surface area contributed by atoms with Gasteiger partial charge in [0.1, 0.15) is 11.6 Å². The average molecular weight is 331 g/mol. The van der Waals surface area contributed by atoms with Crippen LogP contribution in [0.25, 0.3) is 0 Å². The Balaban J connectivity index is 0.000000361. The molecular weight excluding hydrogens is 306 g/mol. The normalized spacial score (nSPS) is 33.8. The summed E-state index contributed by atoms with van der Waals surface area (Å²) in [5.41, 5.74) is -0.778. The fourth-order valence-corrected chi connectivity index (χ4v) is 3.49. The summed E-state index contributed by atoms with van der Waals surface area (Å²) in [6.45, 7) is 7.40. The van der Waals surface area contributed by atoms with Crippen LogP contribution < -0.4 is 0 Å². The molecule has 2 nitrogen and oxygen atoms in total. The predicted molar refractivity (Wildman–Crippen MR) is 81.8 cm³/mol. The molecule has 0 aromatic carbocycles. The molecule has 0 saturated carbocycles. The lowest BCUT2D eigenvalue weighted by molar-refractivity contribution is -0.113. The number of hydrogen-bond acceptors (Lipinski definition) is 3. The Morgan fingerprint density at radius 2 is 2.00 bits per heavy atom. The number of hydrogen-bond donors (Lipinski definition) is 1. The Morgan fingerprint density at radius 1 is 1.45 bits per heavy atom. The van der Waals surface area contributed by atoms with E-state index in [1.54, 1.807) is 6.92 Å². The molecule has 0 amide bonds. The van der Waals surface area contributed by atoms with E-state index in [0.717, 1.165) is 6.42 Å². The first kappa shape index (κ1) is 20.1. The summed E-state index contributed by atoms with van der Waals surface area (Å²) >= 11 is 7.05. The van der Waals surface area contributed by atoms with Crippen molar-refractivity contribution in [1.82, 2.24) is 0 Å². The molecule has 6 heteroatoms. The summed E-state index contributed by atoms with van der Waals surface area (Å²) in [6.07, 6.45) is -0.492. The maximum absolute atomic E-state index is 12.9. The lowest BCUT2D eigenvalue weighted by Gasteiger charge is -2.15. The van der Waals surface area contributed by atoms with Crippen molar-refractivity contribution in [3.05, 3.63) is 0 Å². The third-order valence-corrected chi connectivity index (χ3v) is 6.03.